The molecule has 1 aliphatic rings. The fourth-order valence-electron chi connectivity index (χ4n) is 3.33. The van der Waals surface area contributed by atoms with Gasteiger partial charge in [0.05, 0.1) is 17.6 Å². The van der Waals surface area contributed by atoms with Crippen LogP contribution in [0.2, 0.25) is 0 Å². The van der Waals surface area contributed by atoms with Crippen LogP contribution in [0.3, 0.4) is 0 Å². The van der Waals surface area contributed by atoms with Gasteiger partial charge < -0.3 is 10.5 Å². The molecule has 1 aromatic rings. The minimum atomic E-state index is -3.78. The lowest BCUT2D eigenvalue weighted by Gasteiger charge is -2.42. The highest BCUT2D eigenvalue weighted by Crippen LogP contribution is 2.34. The predicted molar refractivity (Wildman–Crippen MR) is 99.5 cm³/mol. The van der Waals surface area contributed by atoms with Crippen molar-refractivity contribution in [1.29, 1.82) is 0 Å². The van der Waals surface area contributed by atoms with E-state index in [0.29, 0.717) is 5.56 Å². The van der Waals surface area contributed by atoms with Gasteiger partial charge in [0.1, 0.15) is 0 Å². The van der Waals surface area contributed by atoms with Crippen LogP contribution in [0.1, 0.15) is 48.5 Å². The molecule has 25 heavy (non-hydrogen) atoms. The van der Waals surface area contributed by atoms with Gasteiger partial charge in [-0.05, 0) is 43.4 Å². The molecule has 2 unspecified atom stereocenters. The molecular weight excluding hydrogens is 364 g/mol. The quantitative estimate of drug-likeness (QED) is 0.752. The molecule has 1 saturated carbocycles. The largest absolute Gasteiger partial charge is 0.465 e. The van der Waals surface area contributed by atoms with Crippen molar-refractivity contribution in [3.05, 3.63) is 29.3 Å². The number of halogens is 1. The number of hydrogen-bond acceptors (Lipinski definition) is 5. The number of nitrogens with two attached hydrogens (primary N) is 1. The maximum Gasteiger partial charge on any atom is 0.338 e. The first-order valence-corrected chi connectivity index (χ1v) is 9.67. The Hall–Kier alpha value is -1.15. The van der Waals surface area contributed by atoms with Crippen molar-refractivity contribution in [2.75, 3.05) is 13.7 Å². The molecular formula is C17H27ClN2O4S. The highest BCUT2D eigenvalue weighted by Gasteiger charge is 2.40. The highest BCUT2D eigenvalue weighted by atomic mass is 35.5. The van der Waals surface area contributed by atoms with Gasteiger partial charge in [0.2, 0.25) is 10.0 Å². The molecule has 8 heteroatoms. The first-order valence-electron chi connectivity index (χ1n) is 8.19. The Morgan fingerprint density at radius 3 is 2.64 bits per heavy atom. The Balaban J connectivity index is 0.00000312. The molecule has 0 aromatic heterocycles. The maximum atomic E-state index is 12.9. The lowest BCUT2D eigenvalue weighted by Crippen LogP contribution is -2.58. The molecule has 6 nitrogen and oxygen atoms in total. The number of rotatable bonds is 5. The molecule has 0 aliphatic heterocycles. The van der Waals surface area contributed by atoms with E-state index in [1.807, 2.05) is 6.92 Å². The van der Waals surface area contributed by atoms with Gasteiger partial charge in [-0.2, -0.15) is 0 Å². The third-order valence-corrected chi connectivity index (χ3v) is 6.63. The van der Waals surface area contributed by atoms with Gasteiger partial charge >= 0.3 is 5.97 Å². The number of sulfonamides is 1. The zero-order chi connectivity index (χ0) is 18.0. The third-order valence-electron chi connectivity index (χ3n) is 5.08. The molecule has 0 amide bonds. The zero-order valence-corrected chi connectivity index (χ0v) is 16.5. The smallest absolute Gasteiger partial charge is 0.338 e. The summed E-state index contributed by atoms with van der Waals surface area (Å²) < 4.78 is 33.3. The number of carbonyl (C=O) groups is 1. The number of esters is 1. The number of nitrogens with one attached hydrogen (secondary N) is 1. The van der Waals surface area contributed by atoms with Crippen LogP contribution in [0.5, 0.6) is 0 Å². The van der Waals surface area contributed by atoms with Gasteiger partial charge in [0.25, 0.3) is 0 Å². The molecule has 2 rings (SSSR count). The van der Waals surface area contributed by atoms with E-state index in [4.69, 9.17) is 10.5 Å². The summed E-state index contributed by atoms with van der Waals surface area (Å²) in [4.78, 5) is 11.9. The fraction of sp³-hybridized carbons (Fsp3) is 0.588. The lowest BCUT2D eigenvalue weighted by molar-refractivity contribution is 0.0599. The Labute approximate surface area is 156 Å². The Morgan fingerprint density at radius 2 is 2.08 bits per heavy atom. The van der Waals surface area contributed by atoms with Crippen LogP contribution in [-0.4, -0.2) is 33.6 Å². The van der Waals surface area contributed by atoms with E-state index >= 15 is 0 Å². The molecule has 0 heterocycles. The third kappa shape index (κ3) is 4.53. The minimum Gasteiger partial charge on any atom is -0.465 e. The average Bonchev–Trinajstić information content (AvgIpc) is 2.56. The molecule has 3 N–H and O–H groups in total. The van der Waals surface area contributed by atoms with Crippen molar-refractivity contribution in [3.8, 4) is 0 Å². The molecule has 1 aliphatic carbocycles. The molecule has 1 aromatic carbocycles. The monoisotopic (exact) mass is 390 g/mol. The summed E-state index contributed by atoms with van der Waals surface area (Å²) in [7, 11) is -2.51. The second kappa shape index (κ2) is 8.49. The van der Waals surface area contributed by atoms with Crippen molar-refractivity contribution >= 4 is 28.4 Å². The number of ether oxygens (including phenoxy) is 1. The lowest BCUT2D eigenvalue weighted by atomic mass is 9.74. The minimum absolute atomic E-state index is 0. The molecule has 0 bridgehead atoms. The number of benzene rings is 1. The summed E-state index contributed by atoms with van der Waals surface area (Å²) in [5.41, 5.74) is 6.22. The molecule has 142 valence electrons. The van der Waals surface area contributed by atoms with Crippen LogP contribution in [0.4, 0.5) is 0 Å². The molecule has 0 saturated heterocycles. The van der Waals surface area contributed by atoms with Gasteiger partial charge in [-0.15, -0.1) is 12.4 Å². The van der Waals surface area contributed by atoms with Crippen molar-refractivity contribution in [2.45, 2.75) is 50.0 Å². The second-order valence-corrected chi connectivity index (χ2v) is 8.26. The maximum absolute atomic E-state index is 12.9. The number of hydrogen-bond donors (Lipinski definition) is 2. The average molecular weight is 391 g/mol. The zero-order valence-electron chi connectivity index (χ0n) is 14.9. The van der Waals surface area contributed by atoms with Crippen LogP contribution >= 0.6 is 12.4 Å². The topological polar surface area (TPSA) is 98.5 Å². The molecule has 2 atom stereocenters. The Bertz CT molecular complexity index is 723. The number of carbonyl (C=O) groups excluding carboxylic acids is 1. The van der Waals surface area contributed by atoms with Crippen LogP contribution < -0.4 is 10.5 Å². The second-order valence-electron chi connectivity index (χ2n) is 6.58. The summed E-state index contributed by atoms with van der Waals surface area (Å²) in [6.07, 6.45) is 3.70. The SMILES string of the molecule is COC(=O)c1cc(S(=O)(=O)NC2(CN)CCCCC2C)ccc1C.Cl. The van der Waals surface area contributed by atoms with Gasteiger partial charge in [-0.25, -0.2) is 17.9 Å². The fourth-order valence-corrected chi connectivity index (χ4v) is 4.89. The molecule has 1 fully saturated rings. The van der Waals surface area contributed by atoms with Crippen molar-refractivity contribution in [1.82, 2.24) is 4.72 Å². The predicted octanol–water partition coefficient (Wildman–Crippen LogP) is 2.39. The number of aryl methyl sites for hydroxylation is 1. The first kappa shape index (κ1) is 21.9. The standard InChI is InChI=1S/C17H26N2O4S.ClH/c1-12-7-8-14(10-15(12)16(20)23-3)24(21,22)19-17(11-18)9-5-4-6-13(17)2;/h7-8,10,13,19H,4-6,9,11,18H2,1-3H3;1H. The van der Waals surface area contributed by atoms with Crippen molar-refractivity contribution < 1.29 is 17.9 Å². The first-order chi connectivity index (χ1) is 11.3. The molecule has 0 spiro atoms. The Kier molecular flexibility index (Phi) is 7.43. The van der Waals surface area contributed by atoms with Crippen LogP contribution in [0, 0.1) is 12.8 Å². The van der Waals surface area contributed by atoms with Gasteiger partial charge in [0.15, 0.2) is 0 Å². The molecule has 0 radical (unpaired) electrons. The van der Waals surface area contributed by atoms with Crippen molar-refractivity contribution in [2.24, 2.45) is 11.7 Å². The van der Waals surface area contributed by atoms with E-state index in [-0.39, 0.29) is 35.3 Å². The van der Waals surface area contributed by atoms with Crippen LogP contribution in [0.15, 0.2) is 23.1 Å². The summed E-state index contributed by atoms with van der Waals surface area (Å²) in [6, 6.07) is 4.48. The van der Waals surface area contributed by atoms with Gasteiger partial charge in [-0.3, -0.25) is 0 Å². The number of methoxy groups -OCH3 is 1. The van der Waals surface area contributed by atoms with Crippen LogP contribution in [0.25, 0.3) is 0 Å². The van der Waals surface area contributed by atoms with E-state index < -0.39 is 21.5 Å². The van der Waals surface area contributed by atoms with Crippen LogP contribution in [-0.2, 0) is 14.8 Å². The Morgan fingerprint density at radius 1 is 1.40 bits per heavy atom. The summed E-state index contributed by atoms with van der Waals surface area (Å²) >= 11 is 0. The van der Waals surface area contributed by atoms with Gasteiger partial charge in [-0.1, -0.05) is 25.8 Å². The van der Waals surface area contributed by atoms with E-state index in [1.165, 1.54) is 19.2 Å². The van der Waals surface area contributed by atoms with E-state index in [1.54, 1.807) is 13.0 Å². The summed E-state index contributed by atoms with van der Waals surface area (Å²) in [6.45, 7) is 4.02. The normalized spacial score (nSPS) is 23.6. The van der Waals surface area contributed by atoms with E-state index in [2.05, 4.69) is 4.72 Å². The van der Waals surface area contributed by atoms with E-state index in [0.717, 1.165) is 25.7 Å². The van der Waals surface area contributed by atoms with Gasteiger partial charge in [0, 0.05) is 12.1 Å². The summed E-state index contributed by atoms with van der Waals surface area (Å²) in [5.74, 6) is -0.388. The highest BCUT2D eigenvalue weighted by molar-refractivity contribution is 7.89. The van der Waals surface area contributed by atoms with E-state index in [9.17, 15) is 13.2 Å². The summed E-state index contributed by atoms with van der Waals surface area (Å²) in [5, 5.41) is 0. The van der Waals surface area contributed by atoms with Crippen molar-refractivity contribution in [3.63, 3.8) is 0 Å².